The summed E-state index contributed by atoms with van der Waals surface area (Å²) in [6.07, 6.45) is 1.61. The van der Waals surface area contributed by atoms with Gasteiger partial charge in [0.25, 0.3) is 0 Å². The molecule has 2 aromatic heterocycles. The van der Waals surface area contributed by atoms with Crippen molar-refractivity contribution in [2.75, 3.05) is 0 Å². The van der Waals surface area contributed by atoms with Gasteiger partial charge in [0.2, 0.25) is 0 Å². The Bertz CT molecular complexity index is 1560. The Hall–Kier alpha value is -3.86. The van der Waals surface area contributed by atoms with E-state index in [1.807, 2.05) is 36.9 Å². The van der Waals surface area contributed by atoms with E-state index < -0.39 is 0 Å². The van der Waals surface area contributed by atoms with Crippen molar-refractivity contribution in [3.8, 4) is 39.3 Å². The molecule has 0 spiro atoms. The predicted octanol–water partition coefficient (Wildman–Crippen LogP) is 6.26. The Kier molecular flexibility index (Phi) is 6.16. The number of nitrogens with zero attached hydrogens (tertiary/aromatic N) is 5. The van der Waals surface area contributed by atoms with Crippen molar-refractivity contribution in [1.29, 1.82) is 0 Å². The van der Waals surface area contributed by atoms with Crippen LogP contribution in [0.3, 0.4) is 0 Å². The molecule has 0 unspecified atom stereocenters. The summed E-state index contributed by atoms with van der Waals surface area (Å²) in [6, 6.07) is 34.6. The Labute approximate surface area is 217 Å². The van der Waals surface area contributed by atoms with Gasteiger partial charge in [0.15, 0.2) is 0 Å². The van der Waals surface area contributed by atoms with E-state index in [1.54, 1.807) is 6.33 Å². The van der Waals surface area contributed by atoms with Gasteiger partial charge >= 0.3 is 0 Å². The van der Waals surface area contributed by atoms with Crippen LogP contribution in [0, 0.1) is 13.0 Å². The molecule has 0 saturated heterocycles. The van der Waals surface area contributed by atoms with Crippen molar-refractivity contribution in [2.45, 2.75) is 6.92 Å². The molecular weight excluding hydrogens is 611 g/mol. The van der Waals surface area contributed by atoms with E-state index in [9.17, 15) is 0 Å². The van der Waals surface area contributed by atoms with E-state index in [-0.39, 0.29) is 20.1 Å². The first kappa shape index (κ1) is 22.9. The van der Waals surface area contributed by atoms with Crippen LogP contribution in [-0.2, 0) is 27.2 Å². The average molecular weight is 633 g/mol. The SMILES string of the molecule is Cc1nc2c[c-]c(-c3ncnn3-c3c(-c4ccccc4)cccc3-c3ccccc3)cc2n1C.[Ir]. The second-order valence-corrected chi connectivity index (χ2v) is 8.26. The number of hydrogen-bond acceptors (Lipinski definition) is 3. The van der Waals surface area contributed by atoms with E-state index in [4.69, 9.17) is 5.10 Å². The zero-order valence-corrected chi connectivity index (χ0v) is 21.7. The molecule has 35 heavy (non-hydrogen) atoms. The first-order chi connectivity index (χ1) is 16.7. The maximum Gasteiger partial charge on any atom is 0.127 e. The number of hydrogen-bond donors (Lipinski definition) is 0. The molecule has 0 aliphatic carbocycles. The second kappa shape index (κ2) is 9.41. The molecule has 0 saturated carbocycles. The summed E-state index contributed by atoms with van der Waals surface area (Å²) in [5.74, 6) is 1.70. The van der Waals surface area contributed by atoms with Gasteiger partial charge in [0.1, 0.15) is 6.33 Å². The van der Waals surface area contributed by atoms with Crippen LogP contribution in [0.25, 0.3) is 50.4 Å². The molecule has 0 N–H and O–H groups in total. The average Bonchev–Trinajstić information content (AvgIpc) is 3.49. The topological polar surface area (TPSA) is 48.5 Å². The van der Waals surface area contributed by atoms with Crippen LogP contribution in [0.5, 0.6) is 0 Å². The Morgan fingerprint density at radius 2 is 1.43 bits per heavy atom. The number of para-hydroxylation sites is 1. The molecule has 0 aliphatic heterocycles. The third kappa shape index (κ3) is 4.01. The number of benzene rings is 4. The van der Waals surface area contributed by atoms with Crippen LogP contribution in [0.1, 0.15) is 5.82 Å². The molecule has 6 rings (SSSR count). The Morgan fingerprint density at radius 3 is 2.06 bits per heavy atom. The van der Waals surface area contributed by atoms with Gasteiger partial charge in [-0.25, -0.2) is 0 Å². The number of imidazole rings is 1. The van der Waals surface area contributed by atoms with Gasteiger partial charge in [-0.15, -0.1) is 23.8 Å². The number of aromatic nitrogens is 5. The molecule has 5 nitrogen and oxygen atoms in total. The minimum atomic E-state index is 0. The fourth-order valence-corrected chi connectivity index (χ4v) is 4.45. The summed E-state index contributed by atoms with van der Waals surface area (Å²) >= 11 is 0. The van der Waals surface area contributed by atoms with E-state index >= 15 is 0 Å². The zero-order chi connectivity index (χ0) is 23.1. The summed E-state index contributed by atoms with van der Waals surface area (Å²) in [5.41, 5.74) is 8.25. The van der Waals surface area contributed by atoms with Crippen molar-refractivity contribution >= 4 is 11.0 Å². The smallest absolute Gasteiger partial charge is 0.127 e. The fraction of sp³-hybridized carbons (Fsp3) is 0.0690. The zero-order valence-electron chi connectivity index (χ0n) is 19.3. The standard InChI is InChI=1S/C29H22N5.Ir/c1-20-32-26-17-16-23(18-27(26)33(20)2)29-30-19-31-34(29)28-24(21-10-5-3-6-11-21)14-9-15-25(28)22-12-7-4-8-13-22;/h3-15,17-19H,1-2H3;/q-1;. The van der Waals surface area contributed by atoms with Crippen molar-refractivity contribution in [3.63, 3.8) is 0 Å². The number of rotatable bonds is 4. The monoisotopic (exact) mass is 633 g/mol. The number of aryl methyl sites for hydroxylation is 2. The third-order valence-electron chi connectivity index (χ3n) is 6.24. The van der Waals surface area contributed by atoms with E-state index in [0.717, 1.165) is 56.2 Å². The molecule has 0 amide bonds. The van der Waals surface area contributed by atoms with Crippen LogP contribution in [0.4, 0.5) is 0 Å². The Morgan fingerprint density at radius 1 is 0.800 bits per heavy atom. The molecule has 0 atom stereocenters. The minimum Gasteiger partial charge on any atom is -0.349 e. The van der Waals surface area contributed by atoms with E-state index in [1.165, 1.54) is 0 Å². The van der Waals surface area contributed by atoms with Gasteiger partial charge < -0.3 is 4.57 Å². The minimum absolute atomic E-state index is 0. The van der Waals surface area contributed by atoms with E-state index in [2.05, 4.69) is 93.4 Å². The van der Waals surface area contributed by atoms with E-state index in [0.29, 0.717) is 0 Å². The van der Waals surface area contributed by atoms with Crippen LogP contribution < -0.4 is 0 Å². The van der Waals surface area contributed by atoms with Crippen LogP contribution in [0.15, 0.2) is 97.3 Å². The second-order valence-electron chi connectivity index (χ2n) is 8.26. The van der Waals surface area contributed by atoms with Crippen molar-refractivity contribution in [2.24, 2.45) is 7.05 Å². The maximum absolute atomic E-state index is 4.71. The van der Waals surface area contributed by atoms with Gasteiger partial charge in [-0.1, -0.05) is 78.9 Å². The normalized spacial score (nSPS) is 10.9. The molecule has 0 bridgehead atoms. The molecule has 173 valence electrons. The molecule has 6 aromatic rings. The molecule has 2 heterocycles. The molecule has 1 radical (unpaired) electrons. The fourth-order valence-electron chi connectivity index (χ4n) is 4.45. The van der Waals surface area contributed by atoms with Crippen molar-refractivity contribution < 1.29 is 20.1 Å². The van der Waals surface area contributed by atoms with Gasteiger partial charge in [-0.3, -0.25) is 14.6 Å². The first-order valence-corrected chi connectivity index (χ1v) is 11.2. The summed E-state index contributed by atoms with van der Waals surface area (Å²) < 4.78 is 4.02. The molecular formula is C29H22IrN5-. The summed E-state index contributed by atoms with van der Waals surface area (Å²) in [6.45, 7) is 2.00. The maximum atomic E-state index is 4.71. The largest absolute Gasteiger partial charge is 0.349 e. The predicted molar refractivity (Wildman–Crippen MR) is 136 cm³/mol. The summed E-state index contributed by atoms with van der Waals surface area (Å²) in [7, 11) is 2.03. The number of fused-ring (bicyclic) bond motifs is 1. The third-order valence-corrected chi connectivity index (χ3v) is 6.24. The van der Waals surface area contributed by atoms with Crippen molar-refractivity contribution in [3.05, 3.63) is 109 Å². The summed E-state index contributed by atoms with van der Waals surface area (Å²) in [5, 5.41) is 4.71. The molecule has 0 fully saturated rings. The van der Waals surface area contributed by atoms with Gasteiger partial charge in [0.05, 0.1) is 17.3 Å². The van der Waals surface area contributed by atoms with Crippen molar-refractivity contribution in [1.82, 2.24) is 24.3 Å². The first-order valence-electron chi connectivity index (χ1n) is 11.2. The Balaban J connectivity index is 0.00000253. The molecule has 0 aliphatic rings. The summed E-state index contributed by atoms with van der Waals surface area (Å²) in [4.78, 5) is 9.28. The quantitative estimate of drug-likeness (QED) is 0.216. The molecule has 6 heteroatoms. The van der Waals surface area contributed by atoms with Gasteiger partial charge in [-0.2, -0.15) is 5.10 Å². The van der Waals surface area contributed by atoms with Crippen LogP contribution >= 0.6 is 0 Å². The van der Waals surface area contributed by atoms with Crippen LogP contribution in [-0.4, -0.2) is 24.3 Å². The molecule has 4 aromatic carbocycles. The van der Waals surface area contributed by atoms with Gasteiger partial charge in [0, 0.05) is 43.8 Å². The van der Waals surface area contributed by atoms with Gasteiger partial charge in [-0.05, 0) is 23.6 Å². The van der Waals surface area contributed by atoms with Crippen LogP contribution in [0.2, 0.25) is 0 Å².